The Labute approximate surface area is 138 Å². The fourth-order valence-electron chi connectivity index (χ4n) is 0. The van der Waals surface area contributed by atoms with Gasteiger partial charge in [0.25, 0.3) is 0 Å². The number of hydrogen-bond donors (Lipinski definition) is 0. The third-order valence-electron chi connectivity index (χ3n) is 0. The van der Waals surface area contributed by atoms with Gasteiger partial charge in [-0.15, -0.1) is 0 Å². The van der Waals surface area contributed by atoms with Gasteiger partial charge >= 0.3 is 0 Å². The van der Waals surface area contributed by atoms with E-state index in [-0.39, 0.29) is 55.3 Å². The monoisotopic (exact) mass is 692 g/mol. The van der Waals surface area contributed by atoms with Crippen molar-refractivity contribution >= 4 is 31.2 Å². The Morgan fingerprint density at radius 2 is 0.412 bits per heavy atom. The van der Waals surface area contributed by atoms with Crippen LogP contribution in [0.15, 0.2) is 0 Å². The van der Waals surface area contributed by atoms with Crippen molar-refractivity contribution in [2.45, 2.75) is 0 Å². The van der Waals surface area contributed by atoms with E-state index < -0.39 is 31.2 Å². The largest absolute Gasteiger partial charge is 0.759 e. The molecular formula is Hg2O12S3-6. The van der Waals surface area contributed by atoms with E-state index in [0.29, 0.717) is 0 Å². The Morgan fingerprint density at radius 3 is 0.412 bits per heavy atom. The van der Waals surface area contributed by atoms with E-state index in [1.165, 1.54) is 0 Å². The van der Waals surface area contributed by atoms with Gasteiger partial charge in [-0.1, -0.05) is 0 Å². The third-order valence-corrected chi connectivity index (χ3v) is 0. The van der Waals surface area contributed by atoms with Crippen LogP contribution in [0.25, 0.3) is 0 Å². The average molecular weight is 689 g/mol. The minimum Gasteiger partial charge on any atom is -0.759 e. The summed E-state index contributed by atoms with van der Waals surface area (Å²) in [6, 6.07) is 0. The van der Waals surface area contributed by atoms with Gasteiger partial charge in [0.1, 0.15) is 0 Å². The molecule has 0 rings (SSSR count). The van der Waals surface area contributed by atoms with Crippen LogP contribution < -0.4 is 0 Å². The third kappa shape index (κ3) is 1910. The topological polar surface area (TPSA) is 241 Å². The summed E-state index contributed by atoms with van der Waals surface area (Å²) in [6.45, 7) is 0. The molecule has 0 aromatic rings. The van der Waals surface area contributed by atoms with Gasteiger partial charge in [0.05, 0.1) is 0 Å². The maximum Gasteiger partial charge on any atom is 0.0311 e. The van der Waals surface area contributed by atoms with Crippen LogP contribution in [0.4, 0.5) is 0 Å². The first-order valence-corrected chi connectivity index (χ1v) is 6.00. The fourth-order valence-corrected chi connectivity index (χ4v) is 0. The van der Waals surface area contributed by atoms with Gasteiger partial charge < -0.3 is 27.3 Å². The van der Waals surface area contributed by atoms with Crippen molar-refractivity contribution in [1.82, 2.24) is 0 Å². The fraction of sp³-hybridized carbons (Fsp3) is 0. The summed E-state index contributed by atoms with van der Waals surface area (Å²) in [5.74, 6) is 0. The van der Waals surface area contributed by atoms with Crippen LogP contribution in [-0.2, 0) is 86.5 Å². The van der Waals surface area contributed by atoms with Gasteiger partial charge in [-0.25, -0.2) is 0 Å². The minimum absolute atomic E-state index is 0. The molecule has 0 aliphatic heterocycles. The van der Waals surface area contributed by atoms with Crippen LogP contribution in [-0.4, -0.2) is 52.6 Å². The molecule has 0 fully saturated rings. The molecule has 0 saturated carbocycles. The smallest absolute Gasteiger partial charge is 0.0311 e. The molecule has 0 aromatic heterocycles. The second-order valence-corrected chi connectivity index (χ2v) is 3.67. The molecule has 0 aliphatic carbocycles. The van der Waals surface area contributed by atoms with Crippen molar-refractivity contribution in [2.75, 3.05) is 0 Å². The van der Waals surface area contributed by atoms with Crippen LogP contribution in [0.2, 0.25) is 0 Å². The maximum absolute atomic E-state index is 8.52. The zero-order chi connectivity index (χ0) is 13.5. The molecule has 0 bridgehead atoms. The molecule has 100 valence electrons. The number of hydrogen-bond acceptors (Lipinski definition) is 12. The zero-order valence-corrected chi connectivity index (χ0v) is 21.0. The summed E-state index contributed by atoms with van der Waals surface area (Å²) in [4.78, 5) is 0. The molecule has 17 heteroatoms. The van der Waals surface area contributed by atoms with E-state index in [0.717, 1.165) is 0 Å². The standard InChI is InChI=1S/2Hg.3H2O4S/c;;3*1-5(2,3)4/h;;3*(H2,1,2,3,4)/p-6. The normalized spacial score (nSPS) is 10.2. The molecule has 0 atom stereocenters. The quantitative estimate of drug-likeness (QED) is 0.134. The molecule has 12 nitrogen and oxygen atoms in total. The minimum atomic E-state index is -5.17. The number of rotatable bonds is 0. The zero-order valence-electron chi connectivity index (χ0n) is 7.54. The average Bonchev–Trinajstić information content (AvgIpc) is 1.41. The van der Waals surface area contributed by atoms with Crippen LogP contribution in [0.5, 0.6) is 0 Å². The van der Waals surface area contributed by atoms with Gasteiger partial charge in [0.2, 0.25) is 0 Å². The van der Waals surface area contributed by atoms with Crippen LogP contribution >= 0.6 is 0 Å². The summed E-state index contributed by atoms with van der Waals surface area (Å²) in [7, 11) is -15.5. The molecule has 0 amide bonds. The Bertz CT molecular complexity index is 341. The molecule has 0 unspecified atom stereocenters. The Hall–Kier alpha value is 1.48. The SMILES string of the molecule is O=S(=O)([O-])[O-].O=S(=O)([O-])[O-].O=S(=O)([O-])[O-].[Hg].[Hg]. The molecule has 0 saturated heterocycles. The van der Waals surface area contributed by atoms with E-state index in [1.807, 2.05) is 0 Å². The first kappa shape index (κ1) is 31.1. The first-order valence-electron chi connectivity index (χ1n) is 2.00. The van der Waals surface area contributed by atoms with E-state index in [2.05, 4.69) is 0 Å². The maximum atomic E-state index is 8.52. The molecule has 0 aliphatic rings. The van der Waals surface area contributed by atoms with Crippen LogP contribution in [0.3, 0.4) is 0 Å². The second-order valence-electron chi connectivity index (χ2n) is 1.22. The van der Waals surface area contributed by atoms with Crippen LogP contribution in [0.1, 0.15) is 0 Å². The predicted octanol–water partition coefficient (Wildman–Crippen LogP) is -4.02. The molecule has 0 heterocycles. The Morgan fingerprint density at radius 1 is 0.412 bits per heavy atom. The van der Waals surface area contributed by atoms with Crippen molar-refractivity contribution in [2.24, 2.45) is 0 Å². The predicted molar refractivity (Wildman–Crippen MR) is 31.4 cm³/mol. The van der Waals surface area contributed by atoms with E-state index >= 15 is 0 Å². The van der Waals surface area contributed by atoms with E-state index in [9.17, 15) is 0 Å². The van der Waals surface area contributed by atoms with Gasteiger partial charge in [-0.2, -0.15) is 0 Å². The van der Waals surface area contributed by atoms with Crippen molar-refractivity contribution in [3.8, 4) is 0 Å². The van der Waals surface area contributed by atoms with Gasteiger partial charge in [0, 0.05) is 86.5 Å². The molecule has 17 heavy (non-hydrogen) atoms. The second kappa shape index (κ2) is 12.5. The molecular weight excluding hydrogens is 689 g/mol. The van der Waals surface area contributed by atoms with E-state index in [1.54, 1.807) is 0 Å². The van der Waals surface area contributed by atoms with E-state index in [4.69, 9.17) is 52.6 Å². The first-order chi connectivity index (χ1) is 6.00. The summed E-state index contributed by atoms with van der Waals surface area (Å²) >= 11 is 0. The molecule has 0 spiro atoms. The Balaban J connectivity index is -0.0000000400. The summed E-state index contributed by atoms with van der Waals surface area (Å²) in [6.07, 6.45) is 0. The molecule has 0 N–H and O–H groups in total. The molecule has 0 radical (unpaired) electrons. The Kier molecular flexibility index (Phi) is 22.9. The van der Waals surface area contributed by atoms with Gasteiger partial charge in [0.15, 0.2) is 0 Å². The van der Waals surface area contributed by atoms with Gasteiger partial charge in [-0.05, 0) is 0 Å². The van der Waals surface area contributed by atoms with Crippen molar-refractivity contribution < 1.29 is 108 Å². The van der Waals surface area contributed by atoms with Crippen molar-refractivity contribution in [1.29, 1.82) is 0 Å². The summed E-state index contributed by atoms with van der Waals surface area (Å²) in [5.41, 5.74) is 0. The summed E-state index contributed by atoms with van der Waals surface area (Å²) < 4.78 is 102. The van der Waals surface area contributed by atoms with Crippen LogP contribution in [0, 0.1) is 0 Å². The van der Waals surface area contributed by atoms with Crippen molar-refractivity contribution in [3.05, 3.63) is 0 Å². The molecule has 0 aromatic carbocycles. The summed E-state index contributed by atoms with van der Waals surface area (Å²) in [5, 5.41) is 0. The van der Waals surface area contributed by atoms with Gasteiger partial charge in [-0.3, -0.25) is 25.3 Å². The van der Waals surface area contributed by atoms with Crippen molar-refractivity contribution in [3.63, 3.8) is 0 Å².